The number of ether oxygens (including phenoxy) is 3. The summed E-state index contributed by atoms with van der Waals surface area (Å²) in [5.41, 5.74) is -1.82. The summed E-state index contributed by atoms with van der Waals surface area (Å²) in [5, 5.41) is 11.3. The van der Waals surface area contributed by atoms with Gasteiger partial charge < -0.3 is 23.7 Å². The zero-order chi connectivity index (χ0) is 32.5. The summed E-state index contributed by atoms with van der Waals surface area (Å²) < 4.78 is 23.3. The highest BCUT2D eigenvalue weighted by Gasteiger charge is 2.50. The van der Waals surface area contributed by atoms with Crippen LogP contribution in [0.15, 0.2) is 60.7 Å². The molecule has 2 aromatic rings. The summed E-state index contributed by atoms with van der Waals surface area (Å²) in [4.78, 5) is 40.6. The molecule has 1 N–H and O–H groups in total. The quantitative estimate of drug-likeness (QED) is 0.154. The van der Waals surface area contributed by atoms with Gasteiger partial charge in [0.1, 0.15) is 23.9 Å². The van der Waals surface area contributed by atoms with Gasteiger partial charge in [0.25, 0.3) is 8.32 Å². The molecule has 0 saturated heterocycles. The fourth-order valence-electron chi connectivity index (χ4n) is 4.80. The molecule has 0 aliphatic carbocycles. The number of hydrogen-bond donors (Lipinski definition) is 1. The van der Waals surface area contributed by atoms with Crippen LogP contribution >= 0.6 is 0 Å². The molecule has 2 amide bonds. The van der Waals surface area contributed by atoms with Gasteiger partial charge in [-0.1, -0.05) is 81.4 Å². The number of amides is 2. The summed E-state index contributed by atoms with van der Waals surface area (Å²) in [6, 6.07) is 18.7. The number of hydrogen-bond acceptors (Lipinski definition) is 8. The first-order valence-corrected chi connectivity index (χ1v) is 16.6. The highest BCUT2D eigenvalue weighted by Crippen LogP contribution is 2.36. The normalized spacial score (nSPS) is 13.2. The topological polar surface area (TPSA) is 112 Å². The Morgan fingerprint density at radius 1 is 0.744 bits per heavy atom. The average Bonchev–Trinajstić information content (AvgIpc) is 2.89. The number of nitrogens with zero attached hydrogens (tertiary/aromatic N) is 1. The lowest BCUT2D eigenvalue weighted by molar-refractivity contribution is -0.161. The summed E-state index contributed by atoms with van der Waals surface area (Å²) in [7, 11) is -2.88. The Kier molecular flexibility index (Phi) is 12.5. The maximum Gasteiger partial charge on any atom is 0.420 e. The van der Waals surface area contributed by atoms with E-state index in [1.807, 2.05) is 36.4 Å². The molecular weight excluding hydrogens is 566 g/mol. The van der Waals surface area contributed by atoms with Crippen molar-refractivity contribution in [3.8, 4) is 0 Å². The minimum absolute atomic E-state index is 0.0294. The van der Waals surface area contributed by atoms with Gasteiger partial charge in [-0.25, -0.2) is 14.4 Å². The second-order valence-corrected chi connectivity index (χ2v) is 17.7. The van der Waals surface area contributed by atoms with Crippen LogP contribution in [0.5, 0.6) is 0 Å². The van der Waals surface area contributed by atoms with E-state index in [0.29, 0.717) is 4.90 Å². The van der Waals surface area contributed by atoms with Gasteiger partial charge in [-0.2, -0.15) is 4.90 Å². The number of aliphatic hydroxyl groups is 1. The van der Waals surface area contributed by atoms with Gasteiger partial charge in [0.15, 0.2) is 0 Å². The molecule has 0 bridgehead atoms. The first-order valence-electron chi connectivity index (χ1n) is 14.7. The summed E-state index contributed by atoms with van der Waals surface area (Å²) in [6.07, 6.45) is -1.99. The second kappa shape index (κ2) is 15.0. The fraction of sp³-hybridized carbons (Fsp3) is 0.545. The Bertz CT molecular complexity index is 1140. The van der Waals surface area contributed by atoms with Gasteiger partial charge in [-0.3, -0.25) is 0 Å². The van der Waals surface area contributed by atoms with Crippen molar-refractivity contribution in [1.29, 1.82) is 0 Å². The molecule has 9 nitrogen and oxygen atoms in total. The lowest BCUT2D eigenvalue weighted by Crippen LogP contribution is -2.66. The van der Waals surface area contributed by atoms with Crippen LogP contribution < -0.4 is 10.4 Å². The lowest BCUT2D eigenvalue weighted by Gasteiger charge is -2.43. The minimum Gasteiger partial charge on any atom is -0.458 e. The summed E-state index contributed by atoms with van der Waals surface area (Å²) in [6.45, 7) is 16.1. The monoisotopic (exact) mass is 615 g/mol. The molecular formula is C33H49NO8Si. The van der Waals surface area contributed by atoms with E-state index in [1.54, 1.807) is 41.5 Å². The third kappa shape index (κ3) is 10.2. The Labute approximate surface area is 257 Å². The predicted molar refractivity (Wildman–Crippen MR) is 169 cm³/mol. The van der Waals surface area contributed by atoms with Crippen molar-refractivity contribution < 1.29 is 38.1 Å². The van der Waals surface area contributed by atoms with Crippen LogP contribution in [0.1, 0.15) is 75.2 Å². The van der Waals surface area contributed by atoms with Crippen LogP contribution in [-0.4, -0.2) is 73.5 Å². The Morgan fingerprint density at radius 3 is 1.65 bits per heavy atom. The highest BCUT2D eigenvalue weighted by atomic mass is 28.4. The Balaban J connectivity index is 2.37. The van der Waals surface area contributed by atoms with Gasteiger partial charge in [0.05, 0.1) is 6.61 Å². The summed E-state index contributed by atoms with van der Waals surface area (Å²) >= 11 is 0. The van der Waals surface area contributed by atoms with Crippen LogP contribution in [0.4, 0.5) is 9.59 Å². The van der Waals surface area contributed by atoms with Crippen LogP contribution in [0, 0.1) is 0 Å². The molecule has 0 fully saturated rings. The number of aliphatic hydroxyl groups excluding tert-OH is 1. The zero-order valence-electron chi connectivity index (χ0n) is 27.1. The molecule has 0 radical (unpaired) electrons. The third-order valence-corrected chi connectivity index (χ3v) is 11.5. The fourth-order valence-corrected chi connectivity index (χ4v) is 9.35. The zero-order valence-corrected chi connectivity index (χ0v) is 28.1. The van der Waals surface area contributed by atoms with Crippen molar-refractivity contribution in [2.75, 3.05) is 19.8 Å². The molecule has 2 rings (SSSR count). The van der Waals surface area contributed by atoms with Crippen molar-refractivity contribution >= 4 is 36.8 Å². The molecule has 238 valence electrons. The number of esters is 1. The van der Waals surface area contributed by atoms with Crippen molar-refractivity contribution in [2.45, 2.75) is 97.4 Å². The van der Waals surface area contributed by atoms with E-state index in [4.69, 9.17) is 18.6 Å². The van der Waals surface area contributed by atoms with E-state index < -0.39 is 43.7 Å². The number of carbonyl (C=O) groups is 3. The SMILES string of the molecule is CC(C)(C)OC(=O)C(CCCO)N(C(=O)OCCO[Si](c1ccccc1)(c1ccccc1)C(C)(C)C)C(=O)OC(C)(C)C. The largest absolute Gasteiger partial charge is 0.458 e. The van der Waals surface area contributed by atoms with E-state index in [2.05, 4.69) is 45.0 Å². The number of benzene rings is 2. The third-order valence-electron chi connectivity index (χ3n) is 6.46. The second-order valence-electron chi connectivity index (χ2n) is 13.4. The van der Waals surface area contributed by atoms with Gasteiger partial charge in [-0.05, 0) is 69.8 Å². The molecule has 2 aromatic carbocycles. The number of rotatable bonds is 11. The lowest BCUT2D eigenvalue weighted by atomic mass is 10.1. The van der Waals surface area contributed by atoms with Crippen molar-refractivity contribution in [1.82, 2.24) is 4.90 Å². The van der Waals surface area contributed by atoms with Gasteiger partial charge in [0.2, 0.25) is 0 Å². The maximum atomic E-state index is 13.5. The molecule has 0 saturated carbocycles. The molecule has 0 heterocycles. The summed E-state index contributed by atoms with van der Waals surface area (Å²) in [5.74, 6) is -0.799. The van der Waals surface area contributed by atoms with Crippen LogP contribution in [0.25, 0.3) is 0 Å². The smallest absolute Gasteiger partial charge is 0.420 e. The van der Waals surface area contributed by atoms with Crippen molar-refractivity contribution in [2.24, 2.45) is 0 Å². The van der Waals surface area contributed by atoms with Crippen LogP contribution in [0.2, 0.25) is 5.04 Å². The molecule has 0 spiro atoms. The molecule has 0 aromatic heterocycles. The molecule has 0 aliphatic heterocycles. The first kappa shape index (κ1) is 36.0. The Morgan fingerprint density at radius 2 is 1.23 bits per heavy atom. The van der Waals surface area contributed by atoms with Gasteiger partial charge in [0, 0.05) is 6.61 Å². The predicted octanol–water partition coefficient (Wildman–Crippen LogP) is 5.42. The van der Waals surface area contributed by atoms with Crippen LogP contribution in [-0.2, 0) is 23.4 Å². The van der Waals surface area contributed by atoms with E-state index in [-0.39, 0.29) is 37.7 Å². The van der Waals surface area contributed by atoms with Crippen molar-refractivity contribution in [3.63, 3.8) is 0 Å². The van der Waals surface area contributed by atoms with Crippen molar-refractivity contribution in [3.05, 3.63) is 60.7 Å². The van der Waals surface area contributed by atoms with Crippen LogP contribution in [0.3, 0.4) is 0 Å². The van der Waals surface area contributed by atoms with E-state index in [9.17, 15) is 19.5 Å². The van der Waals surface area contributed by atoms with Gasteiger partial charge >= 0.3 is 18.2 Å². The molecule has 0 aliphatic rings. The first-order chi connectivity index (χ1) is 19.9. The van der Waals surface area contributed by atoms with E-state index >= 15 is 0 Å². The highest BCUT2D eigenvalue weighted by molar-refractivity contribution is 6.99. The molecule has 10 heteroatoms. The number of carbonyl (C=O) groups excluding carboxylic acids is 3. The minimum atomic E-state index is -2.88. The average molecular weight is 616 g/mol. The standard InChI is InChI=1S/C33H49NO8Si/c1-31(2,3)41-28(36)27(21-16-22-35)34(30(38)42-32(4,5)6)29(37)39-23-24-40-43(33(7,8)9,25-17-12-10-13-18-25)26-19-14-11-15-20-26/h10-15,17-20,27,35H,16,21-24H2,1-9H3. The van der Waals surface area contributed by atoms with Gasteiger partial charge in [-0.15, -0.1) is 0 Å². The van der Waals surface area contributed by atoms with E-state index in [1.165, 1.54) is 0 Å². The maximum absolute atomic E-state index is 13.5. The van der Waals surface area contributed by atoms with E-state index in [0.717, 1.165) is 10.4 Å². The molecule has 1 unspecified atom stereocenters. The Hall–Kier alpha value is -3.21. The molecule has 1 atom stereocenters. The molecule has 43 heavy (non-hydrogen) atoms. The number of imide groups is 1.